The van der Waals surface area contributed by atoms with Crippen LogP contribution in [0.4, 0.5) is 0 Å². The Hall–Kier alpha value is -2.27. The summed E-state index contributed by atoms with van der Waals surface area (Å²) in [4.78, 5) is 5.02. The quantitative estimate of drug-likeness (QED) is 0.203. The molecule has 0 radical (unpaired) electrons. The molecule has 6 heteroatoms. The highest BCUT2D eigenvalue weighted by atomic mass is 32.1. The summed E-state index contributed by atoms with van der Waals surface area (Å²) in [7, 11) is -3.10. The number of thiophene rings is 4. The summed E-state index contributed by atoms with van der Waals surface area (Å²) in [5, 5.41) is 6.48. The van der Waals surface area contributed by atoms with E-state index in [4.69, 9.17) is 0 Å². The molecule has 1 aliphatic rings. The molecule has 172 valence electrons. The van der Waals surface area contributed by atoms with E-state index in [9.17, 15) is 0 Å². The fourth-order valence-electron chi connectivity index (χ4n) is 5.28. The van der Waals surface area contributed by atoms with E-state index in [2.05, 4.69) is 74.7 Å². The number of benzene rings is 2. The van der Waals surface area contributed by atoms with Gasteiger partial charge in [-0.15, -0.1) is 45.3 Å². The molecule has 0 aliphatic carbocycles. The molecule has 5 heterocycles. The van der Waals surface area contributed by atoms with Gasteiger partial charge in [-0.05, 0) is 55.5 Å². The zero-order chi connectivity index (χ0) is 23.9. The maximum absolute atomic E-state index is 15.8. The van der Waals surface area contributed by atoms with E-state index in [0.29, 0.717) is 0 Å². The molecule has 0 fully saturated rings. The molecule has 0 amide bonds. The van der Waals surface area contributed by atoms with Crippen molar-refractivity contribution in [1.29, 1.82) is 0 Å². The molecule has 1 aliphatic heterocycles. The highest BCUT2D eigenvalue weighted by Gasteiger charge is 2.47. The maximum atomic E-state index is 15.8. The SMILES string of the molecule is Cc1cc(C2=C(c3cc(C)sc3C)c3sc4c(sc5ccccc54)c3P2(=O)c2ccccc2)cs1. The summed E-state index contributed by atoms with van der Waals surface area (Å²) >= 11 is 7.19. The van der Waals surface area contributed by atoms with Crippen molar-refractivity contribution in [2.75, 3.05) is 0 Å². The Bertz CT molecular complexity index is 1860. The van der Waals surface area contributed by atoms with Crippen LogP contribution >= 0.6 is 52.5 Å². The fraction of sp³-hybridized carbons (Fsp3) is 0.103. The Labute approximate surface area is 220 Å². The minimum Gasteiger partial charge on any atom is -0.308 e. The highest BCUT2D eigenvalue weighted by molar-refractivity contribution is 7.90. The number of hydrogen-bond acceptors (Lipinski definition) is 5. The van der Waals surface area contributed by atoms with Gasteiger partial charge >= 0.3 is 0 Å². The number of rotatable bonds is 3. The van der Waals surface area contributed by atoms with Crippen LogP contribution in [-0.4, -0.2) is 0 Å². The smallest absolute Gasteiger partial charge is 0.175 e. The van der Waals surface area contributed by atoms with Gasteiger partial charge in [0.05, 0.1) is 14.7 Å². The van der Waals surface area contributed by atoms with Crippen LogP contribution < -0.4 is 10.6 Å². The third kappa shape index (κ3) is 3.06. The van der Waals surface area contributed by atoms with E-state index in [1.54, 1.807) is 22.7 Å². The van der Waals surface area contributed by atoms with Crippen LogP contribution in [0, 0.1) is 20.8 Å². The van der Waals surface area contributed by atoms with Crippen LogP contribution in [-0.2, 0) is 4.57 Å². The van der Waals surface area contributed by atoms with Crippen molar-refractivity contribution in [1.82, 2.24) is 0 Å². The fourth-order valence-corrected chi connectivity index (χ4v) is 14.0. The van der Waals surface area contributed by atoms with Gasteiger partial charge in [0.15, 0.2) is 7.14 Å². The van der Waals surface area contributed by atoms with E-state index in [0.717, 1.165) is 21.5 Å². The summed E-state index contributed by atoms with van der Waals surface area (Å²) < 4.78 is 19.5. The van der Waals surface area contributed by atoms with Crippen LogP contribution in [0.1, 0.15) is 30.6 Å². The highest BCUT2D eigenvalue weighted by Crippen LogP contribution is 2.69. The van der Waals surface area contributed by atoms with E-state index >= 15 is 4.57 Å². The lowest BCUT2D eigenvalue weighted by molar-refractivity contribution is 0.593. The summed E-state index contributed by atoms with van der Waals surface area (Å²) in [5.41, 5.74) is 3.53. The van der Waals surface area contributed by atoms with E-state index < -0.39 is 7.14 Å². The molecule has 0 saturated heterocycles. The molecule has 1 nitrogen and oxygen atoms in total. The molecule has 35 heavy (non-hydrogen) atoms. The number of aryl methyl sites for hydroxylation is 3. The van der Waals surface area contributed by atoms with Gasteiger partial charge in [-0.25, -0.2) is 0 Å². The topological polar surface area (TPSA) is 17.1 Å². The average molecular weight is 545 g/mol. The summed E-state index contributed by atoms with van der Waals surface area (Å²) in [6.45, 7) is 6.51. The van der Waals surface area contributed by atoms with Crippen LogP contribution in [0.15, 0.2) is 72.1 Å². The van der Waals surface area contributed by atoms with Crippen LogP contribution in [0.25, 0.3) is 30.4 Å². The lowest BCUT2D eigenvalue weighted by Crippen LogP contribution is -2.14. The van der Waals surface area contributed by atoms with Crippen molar-refractivity contribution in [3.05, 3.63) is 103 Å². The third-order valence-electron chi connectivity index (χ3n) is 6.71. The predicted molar refractivity (Wildman–Crippen MR) is 159 cm³/mol. The second kappa shape index (κ2) is 7.86. The molecular formula is C29H21OPS4. The van der Waals surface area contributed by atoms with Gasteiger partial charge in [0.2, 0.25) is 0 Å². The Kier molecular flexibility index (Phi) is 4.94. The van der Waals surface area contributed by atoms with Gasteiger partial charge in [-0.3, -0.25) is 0 Å². The average Bonchev–Trinajstić information content (AvgIpc) is 3.63. The molecular weight excluding hydrogens is 524 g/mol. The Morgan fingerprint density at radius 3 is 2.26 bits per heavy atom. The standard InChI is InChI=1S/C29H21OPS4/c1-16-13-19(15-32-16)25-24(22-14-17(2)33-18(22)3)28-26(31(25,30)20-9-5-4-6-10-20)29-27(35-28)21-11-7-8-12-23(21)34-29/h4-15H,1-3H3. The second-order valence-electron chi connectivity index (χ2n) is 8.98. The molecule has 6 aromatic rings. The van der Waals surface area contributed by atoms with Gasteiger partial charge in [-0.2, -0.15) is 0 Å². The molecule has 4 aromatic heterocycles. The normalized spacial score (nSPS) is 17.7. The monoisotopic (exact) mass is 544 g/mol. The molecule has 0 bridgehead atoms. The maximum Gasteiger partial charge on any atom is 0.175 e. The van der Waals surface area contributed by atoms with E-state index in [1.165, 1.54) is 50.1 Å². The lowest BCUT2D eigenvalue weighted by atomic mass is 10.0. The van der Waals surface area contributed by atoms with Crippen molar-refractivity contribution < 1.29 is 4.57 Å². The molecule has 0 N–H and O–H groups in total. The molecule has 1 unspecified atom stereocenters. The van der Waals surface area contributed by atoms with Crippen LogP contribution in [0.2, 0.25) is 0 Å². The first-order chi connectivity index (χ1) is 17.0. The van der Waals surface area contributed by atoms with Crippen LogP contribution in [0.3, 0.4) is 0 Å². The molecule has 2 aromatic carbocycles. The van der Waals surface area contributed by atoms with Crippen molar-refractivity contribution in [2.45, 2.75) is 20.8 Å². The zero-order valence-electron chi connectivity index (χ0n) is 19.4. The Morgan fingerprint density at radius 1 is 0.771 bits per heavy atom. The Balaban J connectivity index is 1.69. The van der Waals surface area contributed by atoms with Gasteiger partial charge < -0.3 is 4.57 Å². The minimum absolute atomic E-state index is 0.928. The summed E-state index contributed by atoms with van der Waals surface area (Å²) in [5.74, 6) is 0. The van der Waals surface area contributed by atoms with Gasteiger partial charge in [0.1, 0.15) is 0 Å². The van der Waals surface area contributed by atoms with Gasteiger partial charge in [-0.1, -0.05) is 48.5 Å². The lowest BCUT2D eigenvalue weighted by Gasteiger charge is -2.18. The van der Waals surface area contributed by atoms with Crippen molar-refractivity contribution >= 4 is 93.5 Å². The number of fused-ring (bicyclic) bond motifs is 5. The molecule has 0 saturated carbocycles. The van der Waals surface area contributed by atoms with E-state index in [1.807, 2.05) is 40.9 Å². The zero-order valence-corrected chi connectivity index (χ0v) is 23.6. The molecule has 0 spiro atoms. The van der Waals surface area contributed by atoms with Gasteiger partial charge in [0, 0.05) is 45.8 Å². The number of hydrogen-bond donors (Lipinski definition) is 0. The van der Waals surface area contributed by atoms with E-state index in [-0.39, 0.29) is 0 Å². The molecule has 7 rings (SSSR count). The first-order valence-electron chi connectivity index (χ1n) is 11.4. The first kappa shape index (κ1) is 22.0. The first-order valence-corrected chi connectivity index (χ1v) is 16.5. The largest absolute Gasteiger partial charge is 0.308 e. The summed E-state index contributed by atoms with van der Waals surface area (Å²) in [6, 6.07) is 23.3. The van der Waals surface area contributed by atoms with Crippen molar-refractivity contribution in [2.24, 2.45) is 0 Å². The van der Waals surface area contributed by atoms with Crippen molar-refractivity contribution in [3.8, 4) is 0 Å². The Morgan fingerprint density at radius 2 is 1.54 bits per heavy atom. The second-order valence-corrected chi connectivity index (χ2v) is 16.3. The van der Waals surface area contributed by atoms with Crippen LogP contribution in [0.5, 0.6) is 0 Å². The van der Waals surface area contributed by atoms with Gasteiger partial charge in [0.25, 0.3) is 0 Å². The molecule has 1 atom stereocenters. The minimum atomic E-state index is -3.10. The third-order valence-corrected chi connectivity index (χ3v) is 14.6. The van der Waals surface area contributed by atoms with Crippen molar-refractivity contribution in [3.63, 3.8) is 0 Å². The summed E-state index contributed by atoms with van der Waals surface area (Å²) in [6.07, 6.45) is 0. The predicted octanol–water partition coefficient (Wildman–Crippen LogP) is 9.41.